The Morgan fingerprint density at radius 3 is 2.29 bits per heavy atom. The fraction of sp³-hybridized carbons (Fsp3) is 0.941. The van der Waals surface area contributed by atoms with Crippen molar-refractivity contribution in [3.8, 4) is 0 Å². The number of esters is 1. The highest BCUT2D eigenvalue weighted by molar-refractivity contribution is 5.69. The molecule has 2 N–H and O–H groups in total. The summed E-state index contributed by atoms with van der Waals surface area (Å²) in [5.41, 5.74) is 0. The lowest BCUT2D eigenvalue weighted by Crippen LogP contribution is -2.25. The summed E-state index contributed by atoms with van der Waals surface area (Å²) >= 11 is 0. The van der Waals surface area contributed by atoms with Crippen LogP contribution in [-0.4, -0.2) is 36.9 Å². The molecule has 21 heavy (non-hydrogen) atoms. The standard InChI is InChI=1S/C17H35NO3/c1-3-4-5-6-7-8-9-10-14-21-17(20)12-11-13-18-15-16(2)19/h16,18-19H,3-15H2,1-2H3/t16-/m0/s1. The molecule has 0 amide bonds. The smallest absolute Gasteiger partial charge is 0.305 e. The maximum atomic E-state index is 11.4. The Bertz CT molecular complexity index is 232. The van der Waals surface area contributed by atoms with Gasteiger partial charge in [-0.1, -0.05) is 51.9 Å². The van der Waals surface area contributed by atoms with Gasteiger partial charge < -0.3 is 15.2 Å². The SMILES string of the molecule is CCCCCCCCCCOC(=O)CCCNC[C@H](C)O. The molecule has 0 bridgehead atoms. The zero-order valence-electron chi connectivity index (χ0n) is 14.0. The highest BCUT2D eigenvalue weighted by Crippen LogP contribution is 2.08. The Hall–Kier alpha value is -0.610. The van der Waals surface area contributed by atoms with Crippen LogP contribution in [0, 0.1) is 0 Å². The lowest BCUT2D eigenvalue weighted by Gasteiger charge is -2.07. The van der Waals surface area contributed by atoms with Crippen molar-refractivity contribution in [2.45, 2.75) is 84.2 Å². The van der Waals surface area contributed by atoms with E-state index >= 15 is 0 Å². The monoisotopic (exact) mass is 301 g/mol. The van der Waals surface area contributed by atoms with Gasteiger partial charge in [-0.2, -0.15) is 0 Å². The van der Waals surface area contributed by atoms with E-state index in [2.05, 4.69) is 12.2 Å². The average Bonchev–Trinajstić information content (AvgIpc) is 2.45. The molecule has 0 aliphatic rings. The van der Waals surface area contributed by atoms with Crippen molar-refractivity contribution in [1.29, 1.82) is 0 Å². The first-order valence-corrected chi connectivity index (χ1v) is 8.71. The highest BCUT2D eigenvalue weighted by atomic mass is 16.5. The molecule has 0 radical (unpaired) electrons. The Balaban J connectivity index is 3.16. The van der Waals surface area contributed by atoms with E-state index in [1.54, 1.807) is 6.92 Å². The average molecular weight is 301 g/mol. The maximum Gasteiger partial charge on any atom is 0.305 e. The number of carbonyl (C=O) groups excluding carboxylic acids is 1. The number of hydrogen-bond donors (Lipinski definition) is 2. The molecular formula is C17H35NO3. The van der Waals surface area contributed by atoms with Crippen LogP contribution >= 0.6 is 0 Å². The summed E-state index contributed by atoms with van der Waals surface area (Å²) in [6, 6.07) is 0. The molecule has 0 rings (SSSR count). The maximum absolute atomic E-state index is 11.4. The Morgan fingerprint density at radius 1 is 1.05 bits per heavy atom. The van der Waals surface area contributed by atoms with Crippen LogP contribution in [-0.2, 0) is 9.53 Å². The van der Waals surface area contributed by atoms with Crippen LogP contribution in [0.2, 0.25) is 0 Å². The molecule has 0 saturated heterocycles. The normalized spacial score (nSPS) is 12.3. The van der Waals surface area contributed by atoms with E-state index in [0.29, 0.717) is 19.6 Å². The Morgan fingerprint density at radius 2 is 1.67 bits per heavy atom. The van der Waals surface area contributed by atoms with E-state index in [-0.39, 0.29) is 12.1 Å². The molecule has 126 valence electrons. The summed E-state index contributed by atoms with van der Waals surface area (Å²) in [6.07, 6.45) is 10.9. The Kier molecular flexibility index (Phi) is 15.3. The highest BCUT2D eigenvalue weighted by Gasteiger charge is 2.02. The van der Waals surface area contributed by atoms with Crippen LogP contribution < -0.4 is 5.32 Å². The van der Waals surface area contributed by atoms with Gasteiger partial charge >= 0.3 is 5.97 Å². The van der Waals surface area contributed by atoms with Crippen molar-refractivity contribution in [3.05, 3.63) is 0 Å². The van der Waals surface area contributed by atoms with Gasteiger partial charge in [0.2, 0.25) is 0 Å². The predicted molar refractivity (Wildman–Crippen MR) is 87.4 cm³/mol. The van der Waals surface area contributed by atoms with Crippen LogP contribution in [0.4, 0.5) is 0 Å². The van der Waals surface area contributed by atoms with Gasteiger partial charge in [0, 0.05) is 13.0 Å². The molecule has 0 aromatic rings. The van der Waals surface area contributed by atoms with Crippen LogP contribution in [0.1, 0.15) is 78.1 Å². The molecule has 0 aliphatic heterocycles. The second-order valence-electron chi connectivity index (χ2n) is 5.85. The topological polar surface area (TPSA) is 58.6 Å². The molecule has 1 atom stereocenters. The summed E-state index contributed by atoms with van der Waals surface area (Å²) in [4.78, 5) is 11.4. The molecule has 4 nitrogen and oxygen atoms in total. The second kappa shape index (κ2) is 15.8. The van der Waals surface area contributed by atoms with E-state index in [4.69, 9.17) is 9.84 Å². The molecule has 4 heteroatoms. The first-order chi connectivity index (χ1) is 10.2. The number of aliphatic hydroxyl groups excluding tert-OH is 1. The van der Waals surface area contributed by atoms with E-state index in [0.717, 1.165) is 25.8 Å². The van der Waals surface area contributed by atoms with E-state index < -0.39 is 0 Å². The fourth-order valence-electron chi connectivity index (χ4n) is 2.16. The number of carbonyl (C=O) groups is 1. The molecule has 0 heterocycles. The molecule has 0 aromatic heterocycles. The zero-order chi connectivity index (χ0) is 15.8. The van der Waals surface area contributed by atoms with Crippen molar-refractivity contribution < 1.29 is 14.6 Å². The van der Waals surface area contributed by atoms with Crippen LogP contribution in [0.5, 0.6) is 0 Å². The molecule has 0 fully saturated rings. The predicted octanol–water partition coefficient (Wildman–Crippen LogP) is 3.42. The molecule has 0 spiro atoms. The van der Waals surface area contributed by atoms with Crippen LogP contribution in [0.25, 0.3) is 0 Å². The number of aliphatic hydroxyl groups is 1. The third-order valence-electron chi connectivity index (χ3n) is 3.44. The first-order valence-electron chi connectivity index (χ1n) is 8.71. The van der Waals surface area contributed by atoms with E-state index in [1.165, 1.54) is 38.5 Å². The van der Waals surface area contributed by atoms with Gasteiger partial charge in [0.25, 0.3) is 0 Å². The van der Waals surface area contributed by atoms with Gasteiger partial charge in [-0.15, -0.1) is 0 Å². The summed E-state index contributed by atoms with van der Waals surface area (Å²) < 4.78 is 5.20. The zero-order valence-corrected chi connectivity index (χ0v) is 14.0. The van der Waals surface area contributed by atoms with Gasteiger partial charge in [-0.3, -0.25) is 4.79 Å². The number of rotatable bonds is 15. The summed E-state index contributed by atoms with van der Waals surface area (Å²) in [7, 11) is 0. The lowest BCUT2D eigenvalue weighted by atomic mass is 10.1. The molecule has 0 aromatic carbocycles. The van der Waals surface area contributed by atoms with E-state index in [9.17, 15) is 4.79 Å². The van der Waals surface area contributed by atoms with Crippen molar-refractivity contribution in [1.82, 2.24) is 5.32 Å². The minimum atomic E-state index is -0.334. The van der Waals surface area contributed by atoms with Gasteiger partial charge in [0.05, 0.1) is 12.7 Å². The van der Waals surface area contributed by atoms with Crippen molar-refractivity contribution in [2.75, 3.05) is 19.7 Å². The first kappa shape index (κ1) is 20.4. The molecule has 0 unspecified atom stereocenters. The van der Waals surface area contributed by atoms with Gasteiger partial charge in [0.15, 0.2) is 0 Å². The molecule has 0 aliphatic carbocycles. The second-order valence-corrected chi connectivity index (χ2v) is 5.85. The third kappa shape index (κ3) is 17.3. The van der Waals surface area contributed by atoms with Gasteiger partial charge in [-0.05, 0) is 26.3 Å². The lowest BCUT2D eigenvalue weighted by molar-refractivity contribution is -0.143. The number of unbranched alkanes of at least 4 members (excludes halogenated alkanes) is 7. The van der Waals surface area contributed by atoms with Gasteiger partial charge in [0.1, 0.15) is 0 Å². The summed E-state index contributed by atoms with van der Waals surface area (Å²) in [6.45, 7) is 5.86. The van der Waals surface area contributed by atoms with Crippen LogP contribution in [0.15, 0.2) is 0 Å². The third-order valence-corrected chi connectivity index (χ3v) is 3.44. The quantitative estimate of drug-likeness (QED) is 0.359. The van der Waals surface area contributed by atoms with Crippen LogP contribution in [0.3, 0.4) is 0 Å². The van der Waals surface area contributed by atoms with E-state index in [1.807, 2.05) is 0 Å². The molecule has 0 saturated carbocycles. The summed E-state index contributed by atoms with van der Waals surface area (Å²) in [5, 5.41) is 12.1. The number of nitrogens with one attached hydrogen (secondary N) is 1. The minimum absolute atomic E-state index is 0.100. The Labute approximate surface area is 130 Å². The van der Waals surface area contributed by atoms with Gasteiger partial charge in [-0.25, -0.2) is 0 Å². The summed E-state index contributed by atoms with van der Waals surface area (Å²) in [5.74, 6) is -0.100. The van der Waals surface area contributed by atoms with Crippen molar-refractivity contribution in [2.24, 2.45) is 0 Å². The largest absolute Gasteiger partial charge is 0.466 e. The minimum Gasteiger partial charge on any atom is -0.466 e. The van der Waals surface area contributed by atoms with Crippen molar-refractivity contribution >= 4 is 5.97 Å². The van der Waals surface area contributed by atoms with Crippen molar-refractivity contribution in [3.63, 3.8) is 0 Å². The number of ether oxygens (including phenoxy) is 1. The fourth-order valence-corrected chi connectivity index (χ4v) is 2.16. The molecular weight excluding hydrogens is 266 g/mol. The number of hydrogen-bond acceptors (Lipinski definition) is 4.